The van der Waals surface area contributed by atoms with Crippen LogP contribution in [0, 0.1) is 0 Å². The summed E-state index contributed by atoms with van der Waals surface area (Å²) in [5.41, 5.74) is 4.31. The smallest absolute Gasteiger partial charge is 0.283 e. The Labute approximate surface area is 189 Å². The fourth-order valence-electron chi connectivity index (χ4n) is 5.44. The molecule has 0 atom stereocenters. The van der Waals surface area contributed by atoms with Crippen LogP contribution in [0.1, 0.15) is 38.1 Å². The second kappa shape index (κ2) is 7.64. The Morgan fingerprint density at radius 2 is 1.84 bits per heavy atom. The van der Waals surface area contributed by atoms with E-state index in [-0.39, 0.29) is 5.56 Å². The fourth-order valence-corrected chi connectivity index (χ4v) is 5.96. The van der Waals surface area contributed by atoms with E-state index in [4.69, 9.17) is 0 Å². The number of halogens is 1. The van der Waals surface area contributed by atoms with E-state index < -0.39 is 0 Å². The Bertz CT molecular complexity index is 1340. The van der Waals surface area contributed by atoms with Gasteiger partial charge < -0.3 is 14.8 Å². The molecule has 3 heterocycles. The Morgan fingerprint density at radius 1 is 0.968 bits per heavy atom. The van der Waals surface area contributed by atoms with E-state index in [9.17, 15) is 4.79 Å². The number of aromatic nitrogens is 3. The molecule has 1 saturated carbocycles. The number of nitrogens with zero attached hydrogens (tertiary/aromatic N) is 4. The molecule has 0 radical (unpaired) electrons. The lowest BCUT2D eigenvalue weighted by molar-refractivity contribution is 0.543. The van der Waals surface area contributed by atoms with Gasteiger partial charge in [0.15, 0.2) is 0 Å². The minimum absolute atomic E-state index is 0.164. The predicted molar refractivity (Wildman–Crippen MR) is 129 cm³/mol. The van der Waals surface area contributed by atoms with E-state index in [2.05, 4.69) is 58.3 Å². The molecule has 6 rings (SSSR count). The lowest BCUT2D eigenvalue weighted by atomic mass is 10.2. The van der Waals surface area contributed by atoms with Crippen molar-refractivity contribution < 1.29 is 0 Å². The fraction of sp³-hybridized carbons (Fsp3) is 0.417. The zero-order chi connectivity index (χ0) is 20.9. The van der Waals surface area contributed by atoms with Crippen LogP contribution in [-0.4, -0.2) is 40.1 Å². The van der Waals surface area contributed by atoms with E-state index in [1.54, 1.807) is 0 Å². The molecule has 0 spiro atoms. The first kappa shape index (κ1) is 19.3. The molecule has 6 nitrogen and oxygen atoms in total. The van der Waals surface area contributed by atoms with Gasteiger partial charge in [-0.2, -0.15) is 4.98 Å². The van der Waals surface area contributed by atoms with Gasteiger partial charge in [0, 0.05) is 35.8 Å². The van der Waals surface area contributed by atoms with Gasteiger partial charge in [-0.15, -0.1) is 0 Å². The van der Waals surface area contributed by atoms with Crippen molar-refractivity contribution in [1.29, 1.82) is 0 Å². The first-order valence-corrected chi connectivity index (χ1v) is 12.1. The zero-order valence-corrected chi connectivity index (χ0v) is 19.1. The normalized spacial score (nSPS) is 18.4. The molecule has 1 aliphatic heterocycles. The summed E-state index contributed by atoms with van der Waals surface area (Å²) in [7, 11) is 0. The summed E-state index contributed by atoms with van der Waals surface area (Å²) >= 11 is 3.57. The lowest BCUT2D eigenvalue weighted by Gasteiger charge is -2.23. The van der Waals surface area contributed by atoms with Crippen molar-refractivity contribution in [3.05, 3.63) is 51.2 Å². The quantitative estimate of drug-likeness (QED) is 0.460. The third-order valence-corrected chi connectivity index (χ3v) is 7.58. The van der Waals surface area contributed by atoms with Crippen molar-refractivity contribution in [2.45, 2.75) is 38.1 Å². The minimum atomic E-state index is -0.164. The molecule has 1 saturated heterocycles. The Kier molecular flexibility index (Phi) is 4.76. The Morgan fingerprint density at radius 3 is 2.71 bits per heavy atom. The Hall–Kier alpha value is -2.38. The van der Waals surface area contributed by atoms with Gasteiger partial charge >= 0.3 is 0 Å². The standard InChI is InChI=1S/C24H26BrN5O/c25-18-7-3-8-20-22(18)23(31)27-24-29(16-5-1-2-6-16)21-15-17(9-10-19(21)30(20)24)28-13-4-11-26-12-14-28/h3,7-10,15-16,26H,1-2,4-6,11-14H2. The summed E-state index contributed by atoms with van der Waals surface area (Å²) in [5.74, 6) is 0.771. The van der Waals surface area contributed by atoms with E-state index in [1.807, 2.05) is 18.2 Å². The highest BCUT2D eigenvalue weighted by Crippen LogP contribution is 2.37. The molecule has 7 heteroatoms. The summed E-state index contributed by atoms with van der Waals surface area (Å²) in [6.07, 6.45) is 5.90. The molecule has 0 bridgehead atoms. The monoisotopic (exact) mass is 479 g/mol. The molecule has 4 aromatic rings. The highest BCUT2D eigenvalue weighted by atomic mass is 79.9. The molecule has 1 aliphatic carbocycles. The van der Waals surface area contributed by atoms with Crippen molar-refractivity contribution in [3.63, 3.8) is 0 Å². The number of imidazole rings is 1. The van der Waals surface area contributed by atoms with Crippen molar-refractivity contribution in [1.82, 2.24) is 19.3 Å². The van der Waals surface area contributed by atoms with Gasteiger partial charge in [0.1, 0.15) is 0 Å². The van der Waals surface area contributed by atoms with E-state index in [1.165, 1.54) is 24.0 Å². The van der Waals surface area contributed by atoms with Gasteiger partial charge in [-0.3, -0.25) is 9.20 Å². The van der Waals surface area contributed by atoms with Gasteiger partial charge in [-0.25, -0.2) is 0 Å². The van der Waals surface area contributed by atoms with Gasteiger partial charge in [0.25, 0.3) is 5.56 Å². The number of fused-ring (bicyclic) bond motifs is 5. The van der Waals surface area contributed by atoms with Crippen molar-refractivity contribution >= 4 is 49.3 Å². The maximum absolute atomic E-state index is 13.0. The highest BCUT2D eigenvalue weighted by Gasteiger charge is 2.25. The predicted octanol–water partition coefficient (Wildman–Crippen LogP) is 4.48. The summed E-state index contributed by atoms with van der Waals surface area (Å²) in [4.78, 5) is 20.1. The average molecular weight is 480 g/mol. The molecule has 31 heavy (non-hydrogen) atoms. The van der Waals surface area contributed by atoms with Crippen molar-refractivity contribution in [2.24, 2.45) is 0 Å². The molecule has 0 amide bonds. The second-order valence-electron chi connectivity index (χ2n) is 8.76. The number of nitrogens with one attached hydrogen (secondary N) is 1. The largest absolute Gasteiger partial charge is 0.370 e. The second-order valence-corrected chi connectivity index (χ2v) is 9.61. The van der Waals surface area contributed by atoms with Crippen LogP contribution in [0.4, 0.5) is 5.69 Å². The minimum Gasteiger partial charge on any atom is -0.370 e. The maximum Gasteiger partial charge on any atom is 0.283 e. The lowest BCUT2D eigenvalue weighted by Crippen LogP contribution is -2.27. The van der Waals surface area contributed by atoms with E-state index in [0.29, 0.717) is 11.4 Å². The van der Waals surface area contributed by atoms with Crippen LogP contribution in [0.15, 0.2) is 45.7 Å². The third kappa shape index (κ3) is 3.09. The first-order valence-electron chi connectivity index (χ1n) is 11.3. The molecule has 160 valence electrons. The van der Waals surface area contributed by atoms with Crippen molar-refractivity contribution in [2.75, 3.05) is 31.1 Å². The molecular formula is C24H26BrN5O. The Balaban J connectivity index is 1.68. The molecule has 1 N–H and O–H groups in total. The van der Waals surface area contributed by atoms with Crippen LogP contribution < -0.4 is 15.8 Å². The summed E-state index contributed by atoms with van der Waals surface area (Å²) in [5, 5.41) is 4.14. The SMILES string of the molecule is O=c1nc2n(C3CCCC3)c3cc(N4CCCNCC4)ccc3n2c2cccc(Br)c12. The molecule has 2 aromatic heterocycles. The zero-order valence-electron chi connectivity index (χ0n) is 17.5. The van der Waals surface area contributed by atoms with Gasteiger partial charge in [-0.1, -0.05) is 18.9 Å². The van der Waals surface area contributed by atoms with E-state index >= 15 is 0 Å². The van der Waals surface area contributed by atoms with Crippen molar-refractivity contribution in [3.8, 4) is 0 Å². The highest BCUT2D eigenvalue weighted by molar-refractivity contribution is 9.10. The first-order chi connectivity index (χ1) is 15.2. The summed E-state index contributed by atoms with van der Waals surface area (Å²) < 4.78 is 5.33. The van der Waals surface area contributed by atoms with Crippen LogP contribution >= 0.6 is 15.9 Å². The molecule has 0 unspecified atom stereocenters. The molecule has 2 fully saturated rings. The maximum atomic E-state index is 13.0. The number of anilines is 1. The number of hydrogen-bond donors (Lipinski definition) is 1. The summed E-state index contributed by atoms with van der Waals surface area (Å²) in [6.45, 7) is 4.17. The van der Waals surface area contributed by atoms with Crippen LogP contribution in [0.5, 0.6) is 0 Å². The molecule has 2 aromatic carbocycles. The topological polar surface area (TPSA) is 54.6 Å². The molecular weight excluding hydrogens is 454 g/mol. The number of rotatable bonds is 2. The van der Waals surface area contributed by atoms with Gasteiger partial charge in [0.05, 0.1) is 21.9 Å². The van der Waals surface area contributed by atoms with E-state index in [0.717, 1.165) is 66.7 Å². The average Bonchev–Trinajstić information content (AvgIpc) is 3.30. The summed E-state index contributed by atoms with van der Waals surface area (Å²) in [6, 6.07) is 13.1. The number of hydrogen-bond acceptors (Lipinski definition) is 4. The van der Waals surface area contributed by atoms with Gasteiger partial charge in [-0.05, 0) is 72.1 Å². The van der Waals surface area contributed by atoms with Gasteiger partial charge in [0.2, 0.25) is 5.78 Å². The third-order valence-electron chi connectivity index (χ3n) is 6.92. The van der Waals surface area contributed by atoms with Crippen LogP contribution in [0.25, 0.3) is 27.7 Å². The van der Waals surface area contributed by atoms with Crippen LogP contribution in [-0.2, 0) is 0 Å². The van der Waals surface area contributed by atoms with Crippen LogP contribution in [0.3, 0.4) is 0 Å². The number of benzene rings is 2. The molecule has 2 aliphatic rings. The van der Waals surface area contributed by atoms with Crippen LogP contribution in [0.2, 0.25) is 0 Å².